The standard InChI is InChI=1S/C19H23ClN2O3S/c1-4-21(5-2)19(23)14-22(18-13-9-12-17(20)15(18)3)26(24,25)16-10-7-6-8-11-16/h6-13H,4-5,14H2,1-3H3. The number of amides is 1. The van der Waals surface area contributed by atoms with Gasteiger partial charge < -0.3 is 4.90 Å². The number of hydrogen-bond donors (Lipinski definition) is 0. The largest absolute Gasteiger partial charge is 0.342 e. The van der Waals surface area contributed by atoms with E-state index in [0.29, 0.717) is 29.4 Å². The van der Waals surface area contributed by atoms with E-state index in [4.69, 9.17) is 11.6 Å². The van der Waals surface area contributed by atoms with Crippen LogP contribution in [-0.2, 0) is 14.8 Å². The van der Waals surface area contributed by atoms with Crippen LogP contribution in [0.5, 0.6) is 0 Å². The van der Waals surface area contributed by atoms with Gasteiger partial charge in [0.15, 0.2) is 0 Å². The molecule has 0 aliphatic heterocycles. The molecule has 0 heterocycles. The van der Waals surface area contributed by atoms with E-state index >= 15 is 0 Å². The molecule has 2 aromatic carbocycles. The molecule has 0 fully saturated rings. The Morgan fingerprint density at radius 2 is 1.62 bits per heavy atom. The van der Waals surface area contributed by atoms with Crippen LogP contribution < -0.4 is 4.31 Å². The predicted molar refractivity (Wildman–Crippen MR) is 105 cm³/mol. The summed E-state index contributed by atoms with van der Waals surface area (Å²) in [6.45, 7) is 6.23. The molecule has 0 saturated heterocycles. The van der Waals surface area contributed by atoms with Crippen LogP contribution in [0, 0.1) is 6.92 Å². The summed E-state index contributed by atoms with van der Waals surface area (Å²) in [6, 6.07) is 13.1. The van der Waals surface area contributed by atoms with Gasteiger partial charge in [-0.25, -0.2) is 8.42 Å². The molecule has 0 unspecified atom stereocenters. The predicted octanol–water partition coefficient (Wildman–Crippen LogP) is 3.71. The molecule has 26 heavy (non-hydrogen) atoms. The minimum absolute atomic E-state index is 0.131. The molecule has 0 radical (unpaired) electrons. The zero-order chi connectivity index (χ0) is 19.3. The summed E-state index contributed by atoms with van der Waals surface area (Å²) in [6.07, 6.45) is 0. The van der Waals surface area contributed by atoms with Crippen LogP contribution in [0.3, 0.4) is 0 Å². The van der Waals surface area contributed by atoms with Gasteiger partial charge in [-0.15, -0.1) is 0 Å². The Labute approximate surface area is 160 Å². The molecule has 0 aliphatic rings. The molecule has 0 atom stereocenters. The zero-order valence-electron chi connectivity index (χ0n) is 15.1. The van der Waals surface area contributed by atoms with E-state index in [1.54, 1.807) is 48.2 Å². The first-order chi connectivity index (χ1) is 12.3. The highest BCUT2D eigenvalue weighted by atomic mass is 35.5. The third kappa shape index (κ3) is 4.19. The highest BCUT2D eigenvalue weighted by molar-refractivity contribution is 7.92. The van der Waals surface area contributed by atoms with Gasteiger partial charge in [-0.1, -0.05) is 35.9 Å². The molecule has 0 N–H and O–H groups in total. The molecule has 0 bridgehead atoms. The number of rotatable bonds is 7. The third-order valence-electron chi connectivity index (χ3n) is 4.23. The Bertz CT molecular complexity index is 866. The summed E-state index contributed by atoms with van der Waals surface area (Å²) in [4.78, 5) is 14.4. The van der Waals surface area contributed by atoms with Gasteiger partial charge in [0.2, 0.25) is 5.91 Å². The fourth-order valence-electron chi connectivity index (χ4n) is 2.68. The summed E-state index contributed by atoms with van der Waals surface area (Å²) in [5.41, 5.74) is 1.02. The molecule has 0 aliphatic carbocycles. The van der Waals surface area contributed by atoms with Crippen LogP contribution in [0.25, 0.3) is 0 Å². The summed E-state index contributed by atoms with van der Waals surface area (Å²) >= 11 is 6.19. The van der Waals surface area contributed by atoms with E-state index in [1.165, 1.54) is 12.1 Å². The number of nitrogens with zero attached hydrogens (tertiary/aromatic N) is 2. The normalized spacial score (nSPS) is 11.2. The Kier molecular flexibility index (Phi) is 6.67. The lowest BCUT2D eigenvalue weighted by Gasteiger charge is -2.28. The molecule has 2 aromatic rings. The van der Waals surface area contributed by atoms with Gasteiger partial charge in [-0.2, -0.15) is 0 Å². The second-order valence-corrected chi connectivity index (χ2v) is 8.04. The van der Waals surface area contributed by atoms with Crippen molar-refractivity contribution in [3.8, 4) is 0 Å². The van der Waals surface area contributed by atoms with Gasteiger partial charge in [-0.05, 0) is 50.6 Å². The minimum atomic E-state index is -3.91. The summed E-state index contributed by atoms with van der Waals surface area (Å²) < 4.78 is 27.6. The minimum Gasteiger partial charge on any atom is -0.342 e. The van der Waals surface area contributed by atoms with Crippen molar-refractivity contribution in [2.24, 2.45) is 0 Å². The maximum absolute atomic E-state index is 13.2. The third-order valence-corrected chi connectivity index (χ3v) is 6.42. The second kappa shape index (κ2) is 8.56. The van der Waals surface area contributed by atoms with E-state index in [1.807, 2.05) is 13.8 Å². The van der Waals surface area contributed by atoms with Crippen molar-refractivity contribution >= 4 is 33.2 Å². The van der Waals surface area contributed by atoms with Crippen molar-refractivity contribution in [1.29, 1.82) is 0 Å². The number of carbonyl (C=O) groups is 1. The molecular formula is C19H23ClN2O3S. The van der Waals surface area contributed by atoms with Crippen LogP contribution in [-0.4, -0.2) is 38.9 Å². The summed E-state index contributed by atoms with van der Waals surface area (Å²) in [5, 5.41) is 0.450. The Balaban J connectivity index is 2.56. The molecular weight excluding hydrogens is 372 g/mol. The van der Waals surface area contributed by atoms with Crippen molar-refractivity contribution in [2.45, 2.75) is 25.7 Å². The van der Waals surface area contributed by atoms with Gasteiger partial charge in [0.25, 0.3) is 10.0 Å². The smallest absolute Gasteiger partial charge is 0.264 e. The number of anilines is 1. The highest BCUT2D eigenvalue weighted by Crippen LogP contribution is 2.30. The van der Waals surface area contributed by atoms with E-state index in [9.17, 15) is 13.2 Å². The van der Waals surface area contributed by atoms with Crippen molar-refractivity contribution in [3.05, 3.63) is 59.1 Å². The Morgan fingerprint density at radius 1 is 1.00 bits per heavy atom. The van der Waals surface area contributed by atoms with Crippen molar-refractivity contribution in [3.63, 3.8) is 0 Å². The number of carbonyl (C=O) groups excluding carboxylic acids is 1. The van der Waals surface area contributed by atoms with Crippen LogP contribution in [0.2, 0.25) is 5.02 Å². The molecule has 5 nitrogen and oxygen atoms in total. The molecule has 1 amide bonds. The molecule has 0 saturated carbocycles. The first kappa shape index (κ1) is 20.3. The molecule has 140 valence electrons. The fraction of sp³-hybridized carbons (Fsp3) is 0.316. The lowest BCUT2D eigenvalue weighted by Crippen LogP contribution is -2.43. The summed E-state index contributed by atoms with van der Waals surface area (Å²) in [5.74, 6) is -0.256. The first-order valence-corrected chi connectivity index (χ1v) is 10.2. The van der Waals surface area contributed by atoms with Gasteiger partial charge in [0, 0.05) is 18.1 Å². The van der Waals surface area contributed by atoms with Gasteiger partial charge in [0.1, 0.15) is 6.54 Å². The average Bonchev–Trinajstić information content (AvgIpc) is 2.64. The quantitative estimate of drug-likeness (QED) is 0.719. The van der Waals surface area contributed by atoms with Gasteiger partial charge in [-0.3, -0.25) is 9.10 Å². The average molecular weight is 395 g/mol. The maximum Gasteiger partial charge on any atom is 0.264 e. The van der Waals surface area contributed by atoms with E-state index < -0.39 is 10.0 Å². The van der Waals surface area contributed by atoms with Crippen molar-refractivity contribution < 1.29 is 13.2 Å². The lowest BCUT2D eigenvalue weighted by atomic mass is 10.2. The first-order valence-electron chi connectivity index (χ1n) is 8.43. The van der Waals surface area contributed by atoms with Crippen LogP contribution >= 0.6 is 11.6 Å². The number of benzene rings is 2. The maximum atomic E-state index is 13.2. The number of hydrogen-bond acceptors (Lipinski definition) is 3. The SMILES string of the molecule is CCN(CC)C(=O)CN(c1cccc(Cl)c1C)S(=O)(=O)c1ccccc1. The van der Waals surface area contributed by atoms with Gasteiger partial charge in [0.05, 0.1) is 10.6 Å². The van der Waals surface area contributed by atoms with Crippen LogP contribution in [0.1, 0.15) is 19.4 Å². The Morgan fingerprint density at radius 3 is 2.19 bits per heavy atom. The molecule has 0 spiro atoms. The highest BCUT2D eigenvalue weighted by Gasteiger charge is 2.29. The van der Waals surface area contributed by atoms with E-state index in [2.05, 4.69) is 0 Å². The van der Waals surface area contributed by atoms with Crippen LogP contribution in [0.15, 0.2) is 53.4 Å². The molecule has 0 aromatic heterocycles. The van der Waals surface area contributed by atoms with E-state index in [0.717, 1.165) is 4.31 Å². The number of halogens is 1. The topological polar surface area (TPSA) is 57.7 Å². The van der Waals surface area contributed by atoms with Crippen LogP contribution in [0.4, 0.5) is 5.69 Å². The zero-order valence-corrected chi connectivity index (χ0v) is 16.7. The van der Waals surface area contributed by atoms with Gasteiger partial charge >= 0.3 is 0 Å². The van der Waals surface area contributed by atoms with Crippen molar-refractivity contribution in [2.75, 3.05) is 23.9 Å². The summed E-state index contributed by atoms with van der Waals surface area (Å²) in [7, 11) is -3.91. The monoisotopic (exact) mass is 394 g/mol. The lowest BCUT2D eigenvalue weighted by molar-refractivity contribution is -0.129. The molecule has 2 rings (SSSR count). The van der Waals surface area contributed by atoms with Crippen molar-refractivity contribution in [1.82, 2.24) is 4.90 Å². The second-order valence-electron chi connectivity index (χ2n) is 5.77. The number of likely N-dealkylation sites (N-methyl/N-ethyl adjacent to an activating group) is 1. The molecule has 7 heteroatoms. The number of sulfonamides is 1. The Hall–Kier alpha value is -2.05. The van der Waals surface area contributed by atoms with E-state index in [-0.39, 0.29) is 17.3 Å². The fourth-order valence-corrected chi connectivity index (χ4v) is 4.35.